The summed E-state index contributed by atoms with van der Waals surface area (Å²) in [5.41, 5.74) is 5.59. The lowest BCUT2D eigenvalue weighted by Gasteiger charge is -2.09. The van der Waals surface area contributed by atoms with Gasteiger partial charge in [-0.1, -0.05) is 18.2 Å². The van der Waals surface area contributed by atoms with E-state index in [0.29, 0.717) is 25.4 Å². The molecule has 0 amide bonds. The van der Waals surface area contributed by atoms with E-state index in [1.54, 1.807) is 12.5 Å². The maximum Gasteiger partial charge on any atom is 0.306 e. The number of esters is 1. The molecule has 0 saturated heterocycles. The van der Waals surface area contributed by atoms with Gasteiger partial charge in [0, 0.05) is 23.9 Å². The second-order valence-electron chi connectivity index (χ2n) is 6.53. The molecular formula is C22H21N5O2. The van der Waals surface area contributed by atoms with Crippen molar-refractivity contribution in [2.45, 2.75) is 19.8 Å². The minimum atomic E-state index is -0.184. The van der Waals surface area contributed by atoms with Gasteiger partial charge in [0.25, 0.3) is 0 Å². The Morgan fingerprint density at radius 2 is 2.07 bits per heavy atom. The van der Waals surface area contributed by atoms with E-state index < -0.39 is 0 Å². The number of nitrogens with one attached hydrogen (secondary N) is 2. The van der Waals surface area contributed by atoms with Crippen LogP contribution < -0.4 is 5.32 Å². The van der Waals surface area contributed by atoms with Gasteiger partial charge >= 0.3 is 5.97 Å². The maximum atomic E-state index is 11.6. The Bertz CT molecular complexity index is 1140. The highest BCUT2D eigenvalue weighted by Crippen LogP contribution is 2.23. The van der Waals surface area contributed by atoms with E-state index in [4.69, 9.17) is 4.74 Å². The van der Waals surface area contributed by atoms with E-state index in [0.717, 1.165) is 33.5 Å². The predicted molar refractivity (Wildman–Crippen MR) is 112 cm³/mol. The molecule has 0 aliphatic heterocycles. The van der Waals surface area contributed by atoms with Crippen molar-refractivity contribution < 1.29 is 9.53 Å². The number of anilines is 2. The first-order valence-corrected chi connectivity index (χ1v) is 9.49. The molecule has 0 fully saturated rings. The van der Waals surface area contributed by atoms with Gasteiger partial charge in [0.15, 0.2) is 0 Å². The molecule has 7 heteroatoms. The Kier molecular flexibility index (Phi) is 5.47. The molecule has 4 aromatic rings. The van der Waals surface area contributed by atoms with E-state index in [-0.39, 0.29) is 5.97 Å². The molecule has 4 rings (SSSR count). The van der Waals surface area contributed by atoms with Crippen LogP contribution in [0.2, 0.25) is 0 Å². The van der Waals surface area contributed by atoms with Gasteiger partial charge in [-0.2, -0.15) is 0 Å². The van der Waals surface area contributed by atoms with E-state index in [1.165, 1.54) is 0 Å². The van der Waals surface area contributed by atoms with Gasteiger partial charge in [0.1, 0.15) is 0 Å². The van der Waals surface area contributed by atoms with Crippen molar-refractivity contribution in [2.75, 3.05) is 11.9 Å². The van der Waals surface area contributed by atoms with Crippen molar-refractivity contribution in [1.29, 1.82) is 0 Å². The van der Waals surface area contributed by atoms with E-state index in [2.05, 4.69) is 25.3 Å². The molecule has 0 saturated carbocycles. The molecule has 0 atom stereocenters. The third kappa shape index (κ3) is 4.57. The van der Waals surface area contributed by atoms with Crippen molar-refractivity contribution in [3.63, 3.8) is 0 Å². The number of nitrogens with zero attached hydrogens (tertiary/aromatic N) is 3. The second kappa shape index (κ2) is 8.52. The number of ether oxygens (including phenoxy) is 1. The Labute approximate surface area is 168 Å². The average Bonchev–Trinajstić information content (AvgIpc) is 3.21. The summed E-state index contributed by atoms with van der Waals surface area (Å²) in [5.74, 6) is 0.325. The van der Waals surface area contributed by atoms with Gasteiger partial charge in [-0.3, -0.25) is 4.79 Å². The first kappa shape index (κ1) is 18.6. The molecule has 0 bridgehead atoms. The van der Waals surface area contributed by atoms with Gasteiger partial charge in [-0.25, -0.2) is 15.0 Å². The lowest BCUT2D eigenvalue weighted by Crippen LogP contribution is -2.05. The van der Waals surface area contributed by atoms with Crippen molar-refractivity contribution in [3.05, 3.63) is 66.6 Å². The molecule has 29 heavy (non-hydrogen) atoms. The molecule has 7 nitrogen and oxygen atoms in total. The fraction of sp³-hybridized carbons (Fsp3) is 0.182. The summed E-state index contributed by atoms with van der Waals surface area (Å²) in [7, 11) is 0. The molecule has 146 valence electrons. The lowest BCUT2D eigenvalue weighted by molar-refractivity contribution is -0.143. The number of imidazole rings is 1. The van der Waals surface area contributed by atoms with Crippen LogP contribution in [0.4, 0.5) is 11.6 Å². The number of fused-ring (bicyclic) bond motifs is 1. The predicted octanol–water partition coefficient (Wildman–Crippen LogP) is 4.26. The van der Waals surface area contributed by atoms with Gasteiger partial charge in [-0.15, -0.1) is 0 Å². The normalized spacial score (nSPS) is 10.8. The third-order valence-electron chi connectivity index (χ3n) is 4.48. The molecule has 0 radical (unpaired) electrons. The van der Waals surface area contributed by atoms with Crippen LogP contribution >= 0.6 is 0 Å². The van der Waals surface area contributed by atoms with Crippen molar-refractivity contribution in [1.82, 2.24) is 19.9 Å². The maximum absolute atomic E-state index is 11.6. The third-order valence-corrected chi connectivity index (χ3v) is 4.48. The minimum Gasteiger partial charge on any atom is -0.466 e. The first-order valence-electron chi connectivity index (χ1n) is 9.49. The molecule has 2 heterocycles. The standard InChI is InChI=1S/C22H21N5O2/c1-2-29-21(28)9-6-15-4-3-5-17(12-15)26-22-23-11-10-18(27-22)16-7-8-19-20(13-16)25-14-24-19/h3-5,7-8,10-14H,2,6,9H2,1H3,(H,24,25)(H,23,26,27). The summed E-state index contributed by atoms with van der Waals surface area (Å²) in [6, 6.07) is 15.7. The zero-order valence-electron chi connectivity index (χ0n) is 16.1. The highest BCUT2D eigenvalue weighted by molar-refractivity contribution is 5.80. The molecule has 0 aliphatic carbocycles. The van der Waals surface area contributed by atoms with Crippen LogP contribution in [0.25, 0.3) is 22.3 Å². The second-order valence-corrected chi connectivity index (χ2v) is 6.53. The lowest BCUT2D eigenvalue weighted by atomic mass is 10.1. The van der Waals surface area contributed by atoms with Crippen LogP contribution in [0.15, 0.2) is 61.1 Å². The summed E-state index contributed by atoms with van der Waals surface area (Å²) >= 11 is 0. The van der Waals surface area contributed by atoms with Crippen molar-refractivity contribution in [2.24, 2.45) is 0 Å². The summed E-state index contributed by atoms with van der Waals surface area (Å²) in [5, 5.41) is 3.24. The average molecular weight is 387 g/mol. The number of aromatic nitrogens is 4. The number of aryl methyl sites for hydroxylation is 1. The highest BCUT2D eigenvalue weighted by atomic mass is 16.5. The number of benzene rings is 2. The monoisotopic (exact) mass is 387 g/mol. The molecule has 2 aromatic carbocycles. The summed E-state index contributed by atoms with van der Waals surface area (Å²) in [4.78, 5) is 27.9. The van der Waals surface area contributed by atoms with Crippen LogP contribution in [0, 0.1) is 0 Å². The van der Waals surface area contributed by atoms with Crippen LogP contribution in [0.5, 0.6) is 0 Å². The van der Waals surface area contributed by atoms with Gasteiger partial charge < -0.3 is 15.0 Å². The number of carbonyl (C=O) groups excluding carboxylic acids is 1. The molecule has 2 aromatic heterocycles. The molecule has 0 aliphatic rings. The number of aromatic amines is 1. The summed E-state index contributed by atoms with van der Waals surface area (Å²) in [6.07, 6.45) is 4.39. The zero-order valence-corrected chi connectivity index (χ0v) is 16.1. The largest absolute Gasteiger partial charge is 0.466 e. The molecule has 2 N–H and O–H groups in total. The SMILES string of the molecule is CCOC(=O)CCc1cccc(Nc2nccc(-c3ccc4nc[nH]c4c3)n2)c1. The van der Waals surface area contributed by atoms with Crippen LogP contribution in [-0.4, -0.2) is 32.5 Å². The Hall–Kier alpha value is -3.74. The summed E-state index contributed by atoms with van der Waals surface area (Å²) in [6.45, 7) is 2.21. The van der Waals surface area contributed by atoms with Crippen LogP contribution in [-0.2, 0) is 16.0 Å². The fourth-order valence-electron chi connectivity index (χ4n) is 3.09. The minimum absolute atomic E-state index is 0.184. The highest BCUT2D eigenvalue weighted by Gasteiger charge is 2.07. The number of hydrogen-bond donors (Lipinski definition) is 2. The molecule has 0 spiro atoms. The van der Waals surface area contributed by atoms with Crippen molar-refractivity contribution >= 4 is 28.6 Å². The topological polar surface area (TPSA) is 92.8 Å². The fourth-order valence-corrected chi connectivity index (χ4v) is 3.09. The van der Waals surface area contributed by atoms with Gasteiger partial charge in [-0.05, 0) is 49.2 Å². The number of carbonyl (C=O) groups is 1. The van der Waals surface area contributed by atoms with Crippen LogP contribution in [0.3, 0.4) is 0 Å². The molecule has 0 unspecified atom stereocenters. The molecular weight excluding hydrogens is 366 g/mol. The Morgan fingerprint density at radius 3 is 2.97 bits per heavy atom. The van der Waals surface area contributed by atoms with E-state index in [1.807, 2.05) is 55.5 Å². The first-order chi connectivity index (χ1) is 14.2. The van der Waals surface area contributed by atoms with Gasteiger partial charge in [0.05, 0.1) is 29.7 Å². The zero-order chi connectivity index (χ0) is 20.1. The number of hydrogen-bond acceptors (Lipinski definition) is 6. The smallest absolute Gasteiger partial charge is 0.306 e. The van der Waals surface area contributed by atoms with E-state index in [9.17, 15) is 4.79 Å². The number of H-pyrrole nitrogens is 1. The Morgan fingerprint density at radius 1 is 1.14 bits per heavy atom. The van der Waals surface area contributed by atoms with Crippen molar-refractivity contribution in [3.8, 4) is 11.3 Å². The van der Waals surface area contributed by atoms with Gasteiger partial charge in [0.2, 0.25) is 5.95 Å². The quantitative estimate of drug-likeness (QED) is 0.460. The Balaban J connectivity index is 1.49. The van der Waals surface area contributed by atoms with Crippen LogP contribution in [0.1, 0.15) is 18.9 Å². The summed E-state index contributed by atoms with van der Waals surface area (Å²) < 4.78 is 4.99. The number of rotatable bonds is 7. The van der Waals surface area contributed by atoms with E-state index >= 15 is 0 Å².